The largest absolute Gasteiger partial charge is 0.342 e. The first-order chi connectivity index (χ1) is 15.2. The van der Waals surface area contributed by atoms with Crippen LogP contribution in [0.15, 0.2) is 35.2 Å². The Morgan fingerprint density at radius 2 is 1.69 bits per heavy atom. The molecule has 6 heteroatoms. The molecule has 32 heavy (non-hydrogen) atoms. The minimum absolute atomic E-state index is 0.208. The van der Waals surface area contributed by atoms with Gasteiger partial charge in [-0.05, 0) is 91.6 Å². The van der Waals surface area contributed by atoms with E-state index in [0.29, 0.717) is 53.5 Å². The Labute approximate surface area is 193 Å². The zero-order valence-electron chi connectivity index (χ0n) is 19.7. The second kappa shape index (κ2) is 7.83. The fraction of sp³-hybridized carbons (Fsp3) is 0.731. The van der Waals surface area contributed by atoms with E-state index in [1.165, 1.54) is 25.7 Å². The van der Waals surface area contributed by atoms with Crippen LogP contribution >= 0.6 is 0 Å². The van der Waals surface area contributed by atoms with E-state index in [9.17, 15) is 13.2 Å². The van der Waals surface area contributed by atoms with Gasteiger partial charge in [0.25, 0.3) is 0 Å². The number of carbonyl (C=O) groups excluding carboxylic acids is 1. The monoisotopic (exact) mass is 458 g/mol. The van der Waals surface area contributed by atoms with Crippen molar-refractivity contribution in [2.24, 2.45) is 34.5 Å². The summed E-state index contributed by atoms with van der Waals surface area (Å²) in [6.07, 6.45) is 8.78. The maximum Gasteiger partial charge on any atom is 0.240 e. The number of piperidine rings is 1. The molecule has 5 rings (SSSR count). The van der Waals surface area contributed by atoms with Gasteiger partial charge in [0, 0.05) is 26.1 Å². The molecule has 1 N–H and O–H groups in total. The molecule has 7 atom stereocenters. The summed E-state index contributed by atoms with van der Waals surface area (Å²) in [4.78, 5) is 14.8. The van der Waals surface area contributed by atoms with Gasteiger partial charge < -0.3 is 4.90 Å². The lowest BCUT2D eigenvalue weighted by Crippen LogP contribution is -2.61. The summed E-state index contributed by atoms with van der Waals surface area (Å²) in [5.41, 5.74) is 0.444. The number of benzene rings is 1. The average Bonchev–Trinajstić information content (AvgIpc) is 3.12. The fourth-order valence-electron chi connectivity index (χ4n) is 8.49. The molecule has 176 valence electrons. The summed E-state index contributed by atoms with van der Waals surface area (Å²) in [7, 11) is -1.44. The molecule has 0 bridgehead atoms. The molecular formula is C26H38N2O3S. The van der Waals surface area contributed by atoms with Crippen LogP contribution in [-0.2, 0) is 14.8 Å². The molecule has 4 aliphatic rings. The van der Waals surface area contributed by atoms with E-state index in [-0.39, 0.29) is 10.8 Å². The van der Waals surface area contributed by atoms with Gasteiger partial charge in [-0.1, -0.05) is 32.0 Å². The lowest BCUT2D eigenvalue weighted by Gasteiger charge is -2.61. The maximum atomic E-state index is 12.8. The van der Waals surface area contributed by atoms with Crippen molar-refractivity contribution in [3.8, 4) is 0 Å². The van der Waals surface area contributed by atoms with E-state index < -0.39 is 10.0 Å². The van der Waals surface area contributed by atoms with Crippen LogP contribution in [0.5, 0.6) is 0 Å². The van der Waals surface area contributed by atoms with Crippen molar-refractivity contribution in [1.82, 2.24) is 9.62 Å². The van der Waals surface area contributed by atoms with Crippen molar-refractivity contribution < 1.29 is 13.2 Å². The van der Waals surface area contributed by atoms with Crippen LogP contribution in [0.2, 0.25) is 0 Å². The smallest absolute Gasteiger partial charge is 0.240 e. The van der Waals surface area contributed by atoms with Crippen LogP contribution in [0.1, 0.15) is 65.2 Å². The van der Waals surface area contributed by atoms with Crippen molar-refractivity contribution >= 4 is 15.9 Å². The first kappa shape index (κ1) is 22.4. The lowest BCUT2D eigenvalue weighted by molar-refractivity contribution is -0.158. The zero-order valence-corrected chi connectivity index (χ0v) is 20.5. The molecule has 0 spiro atoms. The summed E-state index contributed by atoms with van der Waals surface area (Å²) >= 11 is 0. The number of hydrogen-bond acceptors (Lipinski definition) is 3. The predicted octanol–water partition coefficient (Wildman–Crippen LogP) is 4.44. The normalized spacial score (nSPS) is 41.7. The van der Waals surface area contributed by atoms with Gasteiger partial charge in [-0.3, -0.25) is 4.79 Å². The lowest BCUT2D eigenvalue weighted by atomic mass is 9.47. The van der Waals surface area contributed by atoms with Gasteiger partial charge in [0.15, 0.2) is 0 Å². The summed E-state index contributed by atoms with van der Waals surface area (Å²) in [6, 6.07) is 9.11. The van der Waals surface area contributed by atoms with Crippen LogP contribution < -0.4 is 4.72 Å². The van der Waals surface area contributed by atoms with Crippen LogP contribution in [0.3, 0.4) is 0 Å². The highest BCUT2D eigenvalue weighted by Gasteiger charge is 2.61. The minimum Gasteiger partial charge on any atom is -0.342 e. The molecule has 3 saturated carbocycles. The van der Waals surface area contributed by atoms with E-state index >= 15 is 0 Å². The van der Waals surface area contributed by atoms with Crippen LogP contribution in [0, 0.1) is 34.5 Å². The van der Waals surface area contributed by atoms with Crippen molar-refractivity contribution in [2.45, 2.75) is 76.2 Å². The van der Waals surface area contributed by atoms with E-state index in [1.807, 2.05) is 13.1 Å². The number of fused-ring (bicyclic) bond motifs is 5. The van der Waals surface area contributed by atoms with E-state index in [0.717, 1.165) is 19.3 Å². The number of hydrogen-bond donors (Lipinski definition) is 1. The van der Waals surface area contributed by atoms with Gasteiger partial charge in [0.2, 0.25) is 15.9 Å². The summed E-state index contributed by atoms with van der Waals surface area (Å²) in [5, 5.41) is 0. The summed E-state index contributed by atoms with van der Waals surface area (Å²) in [6.45, 7) is 5.44. The Hall–Kier alpha value is -1.40. The third-order valence-electron chi connectivity index (χ3n) is 10.3. The fourth-order valence-corrected chi connectivity index (χ4v) is 9.59. The first-order valence-corrected chi connectivity index (χ1v) is 14.0. The van der Waals surface area contributed by atoms with Gasteiger partial charge >= 0.3 is 0 Å². The second-order valence-corrected chi connectivity index (χ2v) is 13.2. The van der Waals surface area contributed by atoms with Crippen molar-refractivity contribution in [3.05, 3.63) is 30.3 Å². The van der Waals surface area contributed by atoms with Gasteiger partial charge in [-0.25, -0.2) is 13.1 Å². The van der Waals surface area contributed by atoms with E-state index in [4.69, 9.17) is 0 Å². The van der Waals surface area contributed by atoms with Gasteiger partial charge in [-0.15, -0.1) is 0 Å². The van der Waals surface area contributed by atoms with Crippen molar-refractivity contribution in [2.75, 3.05) is 13.6 Å². The highest BCUT2D eigenvalue weighted by atomic mass is 32.2. The summed E-state index contributed by atoms with van der Waals surface area (Å²) < 4.78 is 28.5. The second-order valence-electron chi connectivity index (χ2n) is 11.5. The number of likely N-dealkylation sites (tertiary alicyclic amines) is 1. The summed E-state index contributed by atoms with van der Waals surface area (Å²) in [5.74, 6) is 2.79. The molecular weight excluding hydrogens is 420 g/mol. The number of nitrogens with zero attached hydrogens (tertiary/aromatic N) is 1. The molecule has 4 fully saturated rings. The highest BCUT2D eigenvalue weighted by molar-refractivity contribution is 7.89. The van der Waals surface area contributed by atoms with Crippen LogP contribution in [-0.4, -0.2) is 38.9 Å². The number of carbonyl (C=O) groups is 1. The first-order valence-electron chi connectivity index (χ1n) is 12.5. The maximum absolute atomic E-state index is 12.8. The highest BCUT2D eigenvalue weighted by Crippen LogP contribution is 2.66. The van der Waals surface area contributed by atoms with Gasteiger partial charge in [0.1, 0.15) is 0 Å². The molecule has 3 aliphatic carbocycles. The Morgan fingerprint density at radius 1 is 0.969 bits per heavy atom. The number of sulfonamides is 1. The number of amides is 1. The molecule has 5 nitrogen and oxygen atoms in total. The number of rotatable bonds is 4. The third kappa shape index (κ3) is 3.35. The standard InChI is InChI=1S/C26H38N2O3S/c1-25-15-13-22-20(10-12-23-26(22,2)16-14-24(29)28(23)3)21(25)11-9-18(25)17-27-32(30,31)19-7-5-4-6-8-19/h4-8,18,20-23,27H,9-17H2,1-3H3/t18?,20-,21-,22+,23?,25+,26+/m0/s1. The Morgan fingerprint density at radius 3 is 2.44 bits per heavy atom. The van der Waals surface area contributed by atoms with Crippen LogP contribution in [0.4, 0.5) is 0 Å². The average molecular weight is 459 g/mol. The topological polar surface area (TPSA) is 66.5 Å². The Kier molecular flexibility index (Phi) is 5.48. The molecule has 0 aromatic heterocycles. The molecule has 0 radical (unpaired) electrons. The van der Waals surface area contributed by atoms with Crippen molar-refractivity contribution in [3.63, 3.8) is 0 Å². The minimum atomic E-state index is -3.46. The Bertz CT molecular complexity index is 980. The molecule has 1 amide bonds. The Balaban J connectivity index is 1.32. The predicted molar refractivity (Wildman–Crippen MR) is 125 cm³/mol. The number of nitrogens with one attached hydrogen (secondary N) is 1. The molecule has 1 aromatic carbocycles. The molecule has 1 aromatic rings. The van der Waals surface area contributed by atoms with E-state index in [2.05, 4.69) is 23.5 Å². The SMILES string of the molecule is CN1C(=O)CC[C@@]2(C)C1CC[C@@H]1[C@H]2CC[C@]2(C)C(CNS(=O)(=O)c3ccccc3)CC[C@@H]12. The molecule has 1 saturated heterocycles. The molecule has 2 unspecified atom stereocenters. The van der Waals surface area contributed by atoms with Crippen LogP contribution in [0.25, 0.3) is 0 Å². The third-order valence-corrected chi connectivity index (χ3v) is 11.8. The molecule has 1 aliphatic heterocycles. The van der Waals surface area contributed by atoms with E-state index in [1.54, 1.807) is 24.3 Å². The van der Waals surface area contributed by atoms with Gasteiger partial charge in [-0.2, -0.15) is 0 Å². The molecule has 1 heterocycles. The zero-order chi connectivity index (χ0) is 22.7. The van der Waals surface area contributed by atoms with Gasteiger partial charge in [0.05, 0.1) is 4.90 Å². The van der Waals surface area contributed by atoms with Crippen molar-refractivity contribution in [1.29, 1.82) is 0 Å². The quantitative estimate of drug-likeness (QED) is 0.725.